The summed E-state index contributed by atoms with van der Waals surface area (Å²) >= 11 is 0. The SMILES string of the molecule is [2H]c1c([2H])c(NC([2H])([2H])c2c([2H])c([2H])c([2H])c(C([2H])([2H])N3C([2H])([2H])C([2H])([2H])OC([2H])([2H])C3([2H])[2H])c2F)c2c(c1[2H])C(=O)N(C1([2H])C(=O)NC(=O)C([2H])([2H])C1([2H])[2H])C2([2H])[2H]. The van der Waals surface area contributed by atoms with Crippen LogP contribution in [0.1, 0.15) is 74.1 Å². The van der Waals surface area contributed by atoms with Gasteiger partial charge in [0.15, 0.2) is 0 Å². The molecule has 3 amide bonds. The smallest absolute Gasteiger partial charge is 0.255 e. The zero-order valence-electron chi connectivity index (χ0n) is 41.4. The Labute approximate surface area is 232 Å². The summed E-state index contributed by atoms with van der Waals surface area (Å²) in [4.78, 5) is 37.9. The second kappa shape index (κ2) is 9.52. The van der Waals surface area contributed by atoms with Crippen molar-refractivity contribution in [3.8, 4) is 0 Å². The predicted molar refractivity (Wildman–Crippen MR) is 122 cm³/mol. The molecule has 34 heavy (non-hydrogen) atoms. The van der Waals surface area contributed by atoms with Crippen molar-refractivity contribution in [3.63, 3.8) is 0 Å². The van der Waals surface area contributed by atoms with Crippen molar-refractivity contribution >= 4 is 23.4 Å². The molecule has 3 aliphatic rings. The maximum atomic E-state index is 16.9. The van der Waals surface area contributed by atoms with Gasteiger partial charge in [-0.15, -0.1) is 0 Å². The molecule has 2 saturated heterocycles. The largest absolute Gasteiger partial charge is 0.381 e. The zero-order valence-corrected chi connectivity index (χ0v) is 16.4. The molecule has 5 rings (SSSR count). The molecule has 0 aromatic heterocycles. The molecule has 8 nitrogen and oxygen atoms in total. The van der Waals surface area contributed by atoms with Crippen molar-refractivity contribution in [2.45, 2.75) is 38.3 Å². The van der Waals surface area contributed by atoms with Crippen molar-refractivity contribution < 1.29 is 57.8 Å². The lowest BCUT2D eigenvalue weighted by atomic mass is 10.0. The van der Waals surface area contributed by atoms with E-state index in [1.165, 1.54) is 5.32 Å². The van der Waals surface area contributed by atoms with Gasteiger partial charge in [0, 0.05) is 80.5 Å². The van der Waals surface area contributed by atoms with Crippen LogP contribution in [0.5, 0.6) is 0 Å². The molecule has 3 aliphatic heterocycles. The van der Waals surface area contributed by atoms with Gasteiger partial charge in [0.2, 0.25) is 11.8 Å². The quantitative estimate of drug-likeness (QED) is 0.601. The first-order valence-corrected chi connectivity index (χ1v) is 9.05. The lowest BCUT2D eigenvalue weighted by Gasteiger charge is -2.29. The molecule has 2 aromatic carbocycles. The van der Waals surface area contributed by atoms with Gasteiger partial charge in [0.1, 0.15) is 11.8 Å². The van der Waals surface area contributed by atoms with Crippen LogP contribution in [0, 0.1) is 5.82 Å². The van der Waals surface area contributed by atoms with E-state index in [0.717, 1.165) is 0 Å². The number of carbonyl (C=O) groups excluding carboxylic acids is 3. The third-order valence-corrected chi connectivity index (χ3v) is 4.24. The van der Waals surface area contributed by atoms with E-state index >= 15 is 4.39 Å². The van der Waals surface area contributed by atoms with Crippen LogP contribution < -0.4 is 10.6 Å². The number of ether oxygens (including phenoxy) is 1. The molecule has 0 saturated carbocycles. The van der Waals surface area contributed by atoms with Crippen LogP contribution in [0.2, 0.25) is 0 Å². The summed E-state index contributed by atoms with van der Waals surface area (Å²) < 4.78 is 229. The van der Waals surface area contributed by atoms with Crippen LogP contribution in [0.3, 0.4) is 0 Å². The Kier molecular flexibility index (Phi) is 2.13. The maximum absolute atomic E-state index is 16.9. The van der Waals surface area contributed by atoms with E-state index in [2.05, 4.69) is 4.74 Å². The van der Waals surface area contributed by atoms with Gasteiger partial charge in [0.25, 0.3) is 5.91 Å². The predicted octanol–water partition coefficient (Wildman–Crippen LogP) is 2.03. The van der Waals surface area contributed by atoms with E-state index < -0.39 is 162 Å². The van der Waals surface area contributed by atoms with Crippen molar-refractivity contribution in [3.05, 3.63) is 64.3 Å². The standard InChI is InChI=1S/C25H27FN4O4/c26-23-16(3-1-4-17(23)14-29-9-11-34-12-10-29)13-27-20-6-2-5-18-19(20)15-30(25(18)33)21-7-8-22(31)28-24(21)32/h1-6,21,27H,7-15H2,(H,28,31,32)/i1D,2D,3D,4D,5D,6D,7D2,8D2,9D2,10D2,11D2,12D2,13D2,14D2,15D2,21D. The summed E-state index contributed by atoms with van der Waals surface area (Å²) in [5.74, 6) is -8.51. The van der Waals surface area contributed by atoms with Gasteiger partial charge in [-0.05, 0) is 18.5 Å². The van der Waals surface area contributed by atoms with Gasteiger partial charge in [-0.25, -0.2) is 4.39 Å². The molecule has 0 spiro atoms. The summed E-state index contributed by atoms with van der Waals surface area (Å²) in [7, 11) is 0. The highest BCUT2D eigenvalue weighted by Gasteiger charge is 2.39. The van der Waals surface area contributed by atoms with Crippen LogP contribution in [0.4, 0.5) is 10.1 Å². The number of imide groups is 1. The topological polar surface area (TPSA) is 91.0 Å². The van der Waals surface area contributed by atoms with Crippen LogP contribution in [0.15, 0.2) is 36.3 Å². The Hall–Kier alpha value is -3.30. The molecule has 2 aromatic rings. The number of benzene rings is 2. The number of morpholine rings is 1. The van der Waals surface area contributed by atoms with E-state index in [0.29, 0.717) is 0 Å². The fraction of sp³-hybridized carbons (Fsp3) is 0.400. The minimum atomic E-state index is -4.32. The average molecular weight is 492 g/mol. The Balaban J connectivity index is 1.77. The second-order valence-electron chi connectivity index (χ2n) is 6.30. The number of nitrogens with one attached hydrogen (secondary N) is 2. The Morgan fingerprint density at radius 1 is 1.21 bits per heavy atom. The first-order valence-electron chi connectivity index (χ1n) is 21.6. The fourth-order valence-corrected chi connectivity index (χ4v) is 2.77. The Morgan fingerprint density at radius 2 is 1.97 bits per heavy atom. The molecule has 178 valence electrons. The number of hydrogen-bond donors (Lipinski definition) is 2. The molecular formula is C25H27FN4O4. The molecule has 9 heteroatoms. The van der Waals surface area contributed by atoms with Crippen LogP contribution in [-0.4, -0.2) is 59.7 Å². The zero-order chi connectivity index (χ0) is 45.9. The van der Waals surface area contributed by atoms with E-state index in [1.807, 2.05) is 0 Å². The van der Waals surface area contributed by atoms with E-state index in [9.17, 15) is 14.4 Å². The molecule has 2 fully saturated rings. The highest BCUT2D eigenvalue weighted by atomic mass is 19.1. The number of amides is 3. The Morgan fingerprint density at radius 3 is 2.79 bits per heavy atom. The number of rotatable bonds is 6. The number of piperidine rings is 1. The molecule has 0 aliphatic carbocycles. The third-order valence-electron chi connectivity index (χ3n) is 4.24. The van der Waals surface area contributed by atoms with Gasteiger partial charge >= 0.3 is 0 Å². The van der Waals surface area contributed by atoms with Crippen molar-refractivity contribution in [2.75, 3.05) is 31.4 Å². The minimum Gasteiger partial charge on any atom is -0.381 e. The first kappa shape index (κ1) is 7.60. The molecule has 0 bridgehead atoms. The van der Waals surface area contributed by atoms with Gasteiger partial charge in [0.05, 0.1) is 33.7 Å². The summed E-state index contributed by atoms with van der Waals surface area (Å²) in [5, 5.41) is 3.00. The van der Waals surface area contributed by atoms with Crippen molar-refractivity contribution in [2.24, 2.45) is 0 Å². The van der Waals surface area contributed by atoms with Crippen LogP contribution >= 0.6 is 0 Å². The number of nitrogens with zero attached hydrogens (tertiary/aromatic N) is 2. The monoisotopic (exact) mass is 491 g/mol. The Bertz CT molecular complexity index is 2230. The van der Waals surface area contributed by atoms with Gasteiger partial charge in [-0.1, -0.05) is 24.2 Å². The average Bonchev–Trinajstić information content (AvgIpc) is 3.26. The van der Waals surface area contributed by atoms with Crippen molar-refractivity contribution in [1.82, 2.24) is 15.1 Å². The first-order chi connectivity index (χ1) is 26.1. The molecule has 0 radical (unpaired) electrons. The fourth-order valence-electron chi connectivity index (χ4n) is 2.77. The molecule has 2 N–H and O–H groups in total. The summed E-state index contributed by atoms with van der Waals surface area (Å²) in [5.41, 5.74) is -8.15. The normalized spacial score (nSPS) is 45.0. The number of anilines is 1. The van der Waals surface area contributed by atoms with Gasteiger partial charge in [-0.2, -0.15) is 0 Å². The lowest BCUT2D eigenvalue weighted by molar-refractivity contribution is -0.136. The maximum Gasteiger partial charge on any atom is 0.255 e. The van der Waals surface area contributed by atoms with Crippen molar-refractivity contribution in [1.29, 1.82) is 0 Å². The molecule has 1 atom stereocenters. The minimum absolute atomic E-state index is 0.580. The highest BCUT2D eigenvalue weighted by molar-refractivity contribution is 6.06. The lowest BCUT2D eigenvalue weighted by Crippen LogP contribution is -2.52. The summed E-state index contributed by atoms with van der Waals surface area (Å²) in [6.45, 7) is -28.4. The van der Waals surface area contributed by atoms with Gasteiger partial charge in [-0.3, -0.25) is 24.6 Å². The second-order valence-corrected chi connectivity index (χ2v) is 6.30. The number of fused-ring (bicyclic) bond motifs is 1. The van der Waals surface area contributed by atoms with E-state index in [1.54, 1.807) is 5.32 Å². The number of hydrogen-bond acceptors (Lipinski definition) is 6. The summed E-state index contributed by atoms with van der Waals surface area (Å²) in [6, 6.07) is -13.2. The van der Waals surface area contributed by atoms with Crippen LogP contribution in [0.25, 0.3) is 0 Å². The number of halogens is 1. The number of carbonyl (C=O) groups is 3. The summed E-state index contributed by atoms with van der Waals surface area (Å²) in [6.07, 6.45) is -7.99. The molecule has 1 unspecified atom stereocenters. The van der Waals surface area contributed by atoms with E-state index in [4.69, 9.17) is 34.3 Å². The van der Waals surface area contributed by atoms with Gasteiger partial charge < -0.3 is 15.0 Å². The molecule has 3 heterocycles. The third kappa shape index (κ3) is 4.41. The molecular weight excluding hydrogens is 439 g/mol. The van der Waals surface area contributed by atoms with Crippen LogP contribution in [-0.2, 0) is 33.8 Å². The van der Waals surface area contributed by atoms with E-state index in [-0.39, 0.29) is 0 Å². The highest BCUT2D eigenvalue weighted by Crippen LogP contribution is 2.32.